The molecule has 0 saturated carbocycles. The summed E-state index contributed by atoms with van der Waals surface area (Å²) in [4.78, 5) is 3.98. The van der Waals surface area contributed by atoms with E-state index in [9.17, 15) is 0 Å². The van der Waals surface area contributed by atoms with E-state index in [1.807, 2.05) is 6.26 Å². The van der Waals surface area contributed by atoms with Crippen LogP contribution in [0.4, 0.5) is 5.69 Å². The van der Waals surface area contributed by atoms with E-state index in [0.717, 1.165) is 29.2 Å². The third kappa shape index (κ3) is 3.61. The molecule has 19 heavy (non-hydrogen) atoms. The molecule has 0 spiro atoms. The summed E-state index contributed by atoms with van der Waals surface area (Å²) in [6, 6.07) is 6.18. The zero-order valence-electron chi connectivity index (χ0n) is 11.5. The Bertz CT molecular complexity index is 462. The number of rotatable bonds is 5. The first-order valence-corrected chi connectivity index (χ1v) is 8.14. The number of thioether (sulfide) groups is 1. The Balaban J connectivity index is 2.09. The van der Waals surface area contributed by atoms with Gasteiger partial charge in [-0.25, -0.2) is 0 Å². The summed E-state index contributed by atoms with van der Waals surface area (Å²) >= 11 is 6.87. The second kappa shape index (κ2) is 6.59. The van der Waals surface area contributed by atoms with Gasteiger partial charge >= 0.3 is 0 Å². The standard InChI is InChI=1S/C14H21N3S2/c1-17-7-6-10(9-17)8-16-11-4-3-5-12(19-2)13(11)14(15)18/h3-5,10,16H,6-9H2,1-2H3,(H2,15,18). The van der Waals surface area contributed by atoms with Gasteiger partial charge in [-0.15, -0.1) is 11.8 Å². The fraction of sp³-hybridized carbons (Fsp3) is 0.500. The second-order valence-corrected chi connectivity index (χ2v) is 6.33. The number of nitrogens with zero attached hydrogens (tertiary/aromatic N) is 1. The van der Waals surface area contributed by atoms with Crippen molar-refractivity contribution < 1.29 is 0 Å². The Hall–Kier alpha value is -0.780. The number of hydrogen-bond donors (Lipinski definition) is 2. The molecule has 2 rings (SSSR count). The van der Waals surface area contributed by atoms with Gasteiger partial charge in [-0.3, -0.25) is 0 Å². The van der Waals surface area contributed by atoms with Crippen molar-refractivity contribution >= 4 is 34.7 Å². The van der Waals surface area contributed by atoms with Crippen molar-refractivity contribution in [3.8, 4) is 0 Å². The summed E-state index contributed by atoms with van der Waals surface area (Å²) < 4.78 is 0. The molecule has 0 aromatic heterocycles. The van der Waals surface area contributed by atoms with Gasteiger partial charge in [0.2, 0.25) is 0 Å². The number of benzene rings is 1. The minimum atomic E-state index is 0.469. The monoisotopic (exact) mass is 295 g/mol. The molecule has 1 atom stereocenters. The summed E-state index contributed by atoms with van der Waals surface area (Å²) in [5.74, 6) is 0.710. The quantitative estimate of drug-likeness (QED) is 0.645. The molecule has 3 nitrogen and oxygen atoms in total. The van der Waals surface area contributed by atoms with Crippen molar-refractivity contribution in [2.45, 2.75) is 11.3 Å². The highest BCUT2D eigenvalue weighted by molar-refractivity contribution is 7.98. The van der Waals surface area contributed by atoms with E-state index in [1.165, 1.54) is 13.0 Å². The van der Waals surface area contributed by atoms with Crippen molar-refractivity contribution in [1.29, 1.82) is 0 Å². The summed E-state index contributed by atoms with van der Waals surface area (Å²) in [7, 11) is 2.18. The van der Waals surface area contributed by atoms with Crippen molar-refractivity contribution in [2.24, 2.45) is 11.7 Å². The van der Waals surface area contributed by atoms with Gasteiger partial charge in [0.1, 0.15) is 4.99 Å². The van der Waals surface area contributed by atoms with Gasteiger partial charge in [0.05, 0.1) is 0 Å². The van der Waals surface area contributed by atoms with Crippen LogP contribution in [-0.2, 0) is 0 Å². The predicted octanol–water partition coefficient (Wildman–Crippen LogP) is 2.41. The lowest BCUT2D eigenvalue weighted by Crippen LogP contribution is -2.21. The van der Waals surface area contributed by atoms with E-state index in [1.54, 1.807) is 11.8 Å². The van der Waals surface area contributed by atoms with Crippen molar-refractivity contribution in [3.63, 3.8) is 0 Å². The topological polar surface area (TPSA) is 41.3 Å². The molecule has 0 radical (unpaired) electrons. The lowest BCUT2D eigenvalue weighted by atomic mass is 10.1. The van der Waals surface area contributed by atoms with Crippen molar-refractivity contribution in [1.82, 2.24) is 4.90 Å². The van der Waals surface area contributed by atoms with E-state index < -0.39 is 0 Å². The zero-order valence-corrected chi connectivity index (χ0v) is 13.1. The summed E-state index contributed by atoms with van der Waals surface area (Å²) in [6.07, 6.45) is 3.31. The van der Waals surface area contributed by atoms with Gasteiger partial charge in [-0.2, -0.15) is 0 Å². The van der Waals surface area contributed by atoms with Crippen LogP contribution < -0.4 is 11.1 Å². The molecule has 104 valence electrons. The van der Waals surface area contributed by atoms with Crippen LogP contribution in [-0.4, -0.2) is 42.8 Å². The lowest BCUT2D eigenvalue weighted by Gasteiger charge is -2.17. The Morgan fingerprint density at radius 3 is 2.95 bits per heavy atom. The molecular formula is C14H21N3S2. The molecule has 1 aromatic carbocycles. The fourth-order valence-corrected chi connectivity index (χ4v) is 3.47. The molecule has 0 bridgehead atoms. The van der Waals surface area contributed by atoms with Gasteiger partial charge < -0.3 is 16.0 Å². The average Bonchev–Trinajstić information content (AvgIpc) is 2.81. The maximum atomic E-state index is 5.87. The minimum Gasteiger partial charge on any atom is -0.389 e. The number of anilines is 1. The first-order chi connectivity index (χ1) is 9.11. The smallest absolute Gasteiger partial charge is 0.107 e. The molecule has 1 aromatic rings. The van der Waals surface area contributed by atoms with Crippen LogP contribution in [0.5, 0.6) is 0 Å². The number of thiocarbonyl (C=S) groups is 1. The predicted molar refractivity (Wildman–Crippen MR) is 88.2 cm³/mol. The van der Waals surface area contributed by atoms with Crippen LogP contribution in [0.15, 0.2) is 23.1 Å². The maximum Gasteiger partial charge on any atom is 0.107 e. The minimum absolute atomic E-state index is 0.469. The maximum absolute atomic E-state index is 5.87. The molecule has 0 amide bonds. The van der Waals surface area contributed by atoms with E-state index in [2.05, 4.69) is 35.5 Å². The zero-order chi connectivity index (χ0) is 13.8. The van der Waals surface area contributed by atoms with E-state index in [0.29, 0.717) is 10.9 Å². The van der Waals surface area contributed by atoms with Gasteiger partial charge in [0.25, 0.3) is 0 Å². The molecule has 1 aliphatic rings. The molecular weight excluding hydrogens is 274 g/mol. The van der Waals surface area contributed by atoms with Crippen LogP contribution >= 0.6 is 24.0 Å². The van der Waals surface area contributed by atoms with Crippen LogP contribution in [0, 0.1) is 5.92 Å². The Kier molecular flexibility index (Phi) is 5.07. The van der Waals surface area contributed by atoms with Crippen molar-refractivity contribution in [2.75, 3.05) is 38.3 Å². The number of likely N-dealkylation sites (tertiary alicyclic amines) is 1. The van der Waals surface area contributed by atoms with Gasteiger partial charge in [-0.1, -0.05) is 18.3 Å². The molecule has 5 heteroatoms. The third-order valence-electron chi connectivity index (χ3n) is 3.56. The number of nitrogens with two attached hydrogens (primary N) is 1. The highest BCUT2D eigenvalue weighted by atomic mass is 32.2. The molecule has 0 aliphatic carbocycles. The van der Waals surface area contributed by atoms with Gasteiger partial charge in [-0.05, 0) is 44.3 Å². The van der Waals surface area contributed by atoms with E-state index in [-0.39, 0.29) is 0 Å². The molecule has 1 unspecified atom stereocenters. The molecule has 3 N–H and O–H groups in total. The van der Waals surface area contributed by atoms with E-state index >= 15 is 0 Å². The largest absolute Gasteiger partial charge is 0.389 e. The van der Waals surface area contributed by atoms with Crippen molar-refractivity contribution in [3.05, 3.63) is 23.8 Å². The van der Waals surface area contributed by atoms with Crippen LogP contribution in [0.25, 0.3) is 0 Å². The normalized spacial score (nSPS) is 19.6. The Morgan fingerprint density at radius 1 is 1.58 bits per heavy atom. The summed E-state index contributed by atoms with van der Waals surface area (Å²) in [5.41, 5.74) is 7.91. The Labute approximate surface area is 124 Å². The summed E-state index contributed by atoms with van der Waals surface area (Å²) in [6.45, 7) is 3.34. The molecule has 1 fully saturated rings. The van der Waals surface area contributed by atoms with Gasteiger partial charge in [0.15, 0.2) is 0 Å². The van der Waals surface area contributed by atoms with Crippen LogP contribution in [0.3, 0.4) is 0 Å². The Morgan fingerprint density at radius 2 is 2.37 bits per heavy atom. The van der Waals surface area contributed by atoms with Gasteiger partial charge in [0, 0.05) is 29.2 Å². The molecule has 1 saturated heterocycles. The first kappa shape index (κ1) is 14.6. The van der Waals surface area contributed by atoms with Crippen LogP contribution in [0.2, 0.25) is 0 Å². The molecule has 1 heterocycles. The molecule has 1 aliphatic heterocycles. The highest BCUT2D eigenvalue weighted by Gasteiger charge is 2.19. The summed E-state index contributed by atoms with van der Waals surface area (Å²) in [5, 5.41) is 3.52. The second-order valence-electron chi connectivity index (χ2n) is 5.04. The van der Waals surface area contributed by atoms with E-state index in [4.69, 9.17) is 18.0 Å². The SMILES string of the molecule is CSc1cccc(NCC2CCN(C)C2)c1C(N)=S. The average molecular weight is 295 g/mol. The first-order valence-electron chi connectivity index (χ1n) is 6.51. The lowest BCUT2D eigenvalue weighted by molar-refractivity contribution is 0.399. The number of hydrogen-bond acceptors (Lipinski definition) is 4. The number of nitrogens with one attached hydrogen (secondary N) is 1. The fourth-order valence-electron chi connectivity index (χ4n) is 2.55. The van der Waals surface area contributed by atoms with Crippen LogP contribution in [0.1, 0.15) is 12.0 Å². The third-order valence-corrected chi connectivity index (χ3v) is 4.55. The highest BCUT2D eigenvalue weighted by Crippen LogP contribution is 2.27.